The Morgan fingerprint density at radius 2 is 2.16 bits per heavy atom. The highest BCUT2D eigenvalue weighted by molar-refractivity contribution is 5.69. The van der Waals surface area contributed by atoms with Crippen LogP contribution in [0.5, 0.6) is 11.5 Å². The smallest absolute Gasteiger partial charge is 0.307 e. The molecular weight excluding hydrogens is 246 g/mol. The zero-order valence-corrected chi connectivity index (χ0v) is 11.6. The number of carboxylic acid groups (broad SMARTS) is 1. The molecule has 0 aromatic heterocycles. The highest BCUT2D eigenvalue weighted by Gasteiger charge is 2.16. The van der Waals surface area contributed by atoms with Crippen molar-refractivity contribution < 1.29 is 19.7 Å². The maximum atomic E-state index is 10.9. The predicted molar refractivity (Wildman–Crippen MR) is 72.4 cm³/mol. The lowest BCUT2D eigenvalue weighted by atomic mass is 10.1. The zero-order valence-electron chi connectivity index (χ0n) is 11.6. The van der Waals surface area contributed by atoms with Gasteiger partial charge in [-0.3, -0.25) is 9.69 Å². The number of ether oxygens (including phenoxy) is 1. The first-order valence-corrected chi connectivity index (χ1v) is 6.29. The van der Waals surface area contributed by atoms with Crippen LogP contribution in [0.3, 0.4) is 0 Å². The third kappa shape index (κ3) is 4.44. The number of benzene rings is 1. The lowest BCUT2D eigenvalue weighted by molar-refractivity contribution is -0.141. The van der Waals surface area contributed by atoms with Crippen molar-refractivity contribution in [1.29, 1.82) is 0 Å². The van der Waals surface area contributed by atoms with Gasteiger partial charge in [-0.05, 0) is 12.6 Å². The summed E-state index contributed by atoms with van der Waals surface area (Å²) < 4.78 is 5.03. The molecule has 2 N–H and O–H groups in total. The predicted octanol–water partition coefficient (Wildman–Crippen LogP) is 1.94. The van der Waals surface area contributed by atoms with Gasteiger partial charge in [-0.1, -0.05) is 19.9 Å². The molecule has 0 spiro atoms. The number of phenols is 1. The van der Waals surface area contributed by atoms with E-state index in [4.69, 9.17) is 9.84 Å². The van der Waals surface area contributed by atoms with Crippen molar-refractivity contribution in [3.8, 4) is 11.5 Å². The second-order valence-electron chi connectivity index (χ2n) is 4.56. The number of phenolic OH excluding ortho intramolecular Hbond substituents is 1. The summed E-state index contributed by atoms with van der Waals surface area (Å²) in [5, 5.41) is 18.8. The molecule has 0 aliphatic rings. The Balaban J connectivity index is 2.73. The molecule has 0 fully saturated rings. The molecule has 1 aromatic carbocycles. The van der Waals surface area contributed by atoms with Crippen molar-refractivity contribution in [2.75, 3.05) is 20.2 Å². The van der Waals surface area contributed by atoms with Gasteiger partial charge in [-0.25, -0.2) is 0 Å². The summed E-state index contributed by atoms with van der Waals surface area (Å²) in [6, 6.07) is 5.13. The van der Waals surface area contributed by atoms with E-state index in [0.717, 1.165) is 12.1 Å². The van der Waals surface area contributed by atoms with E-state index in [1.54, 1.807) is 32.2 Å². The Morgan fingerprint density at radius 1 is 1.47 bits per heavy atom. The molecule has 0 aliphatic heterocycles. The van der Waals surface area contributed by atoms with Gasteiger partial charge in [0, 0.05) is 24.7 Å². The lowest BCUT2D eigenvalue weighted by Crippen LogP contribution is -2.31. The van der Waals surface area contributed by atoms with Gasteiger partial charge in [0.05, 0.1) is 13.0 Å². The molecule has 0 aliphatic carbocycles. The third-order valence-electron chi connectivity index (χ3n) is 3.09. The van der Waals surface area contributed by atoms with Crippen molar-refractivity contribution in [1.82, 2.24) is 4.90 Å². The van der Waals surface area contributed by atoms with Crippen molar-refractivity contribution >= 4 is 5.97 Å². The number of carbonyl (C=O) groups is 1. The SMILES string of the molecule is CCN(Cc1ccc(OC)cc1O)CC(C)C(=O)O. The Hall–Kier alpha value is -1.75. The van der Waals surface area contributed by atoms with E-state index in [0.29, 0.717) is 18.8 Å². The average molecular weight is 267 g/mol. The molecule has 106 valence electrons. The number of aromatic hydroxyl groups is 1. The van der Waals surface area contributed by atoms with Crippen LogP contribution >= 0.6 is 0 Å². The second kappa shape index (κ2) is 6.99. The Kier molecular flexibility index (Phi) is 5.63. The Morgan fingerprint density at radius 3 is 2.63 bits per heavy atom. The van der Waals surface area contributed by atoms with Gasteiger partial charge in [0.25, 0.3) is 0 Å². The fourth-order valence-corrected chi connectivity index (χ4v) is 1.82. The minimum absolute atomic E-state index is 0.167. The van der Waals surface area contributed by atoms with E-state index >= 15 is 0 Å². The number of carboxylic acids is 1. The summed E-state index contributed by atoms with van der Waals surface area (Å²) in [5.41, 5.74) is 0.764. The van der Waals surface area contributed by atoms with Crippen LogP contribution in [0.4, 0.5) is 0 Å². The molecule has 5 heteroatoms. The molecule has 0 bridgehead atoms. The Bertz CT molecular complexity index is 433. The fourth-order valence-electron chi connectivity index (χ4n) is 1.82. The van der Waals surface area contributed by atoms with Crippen molar-refractivity contribution in [3.63, 3.8) is 0 Å². The average Bonchev–Trinajstić information content (AvgIpc) is 2.39. The molecule has 1 unspecified atom stereocenters. The minimum atomic E-state index is -0.808. The van der Waals surface area contributed by atoms with Crippen LogP contribution in [0.15, 0.2) is 18.2 Å². The quantitative estimate of drug-likeness (QED) is 0.790. The van der Waals surface area contributed by atoms with E-state index < -0.39 is 11.9 Å². The monoisotopic (exact) mass is 267 g/mol. The largest absolute Gasteiger partial charge is 0.507 e. The van der Waals surface area contributed by atoms with E-state index in [2.05, 4.69) is 0 Å². The van der Waals surface area contributed by atoms with Crippen LogP contribution in [0.25, 0.3) is 0 Å². The molecule has 1 rings (SSSR count). The Labute approximate surface area is 113 Å². The lowest BCUT2D eigenvalue weighted by Gasteiger charge is -2.23. The molecular formula is C14H21NO4. The van der Waals surface area contributed by atoms with Gasteiger partial charge >= 0.3 is 5.97 Å². The van der Waals surface area contributed by atoms with Crippen LogP contribution in [0.2, 0.25) is 0 Å². The number of methoxy groups -OCH3 is 1. The molecule has 19 heavy (non-hydrogen) atoms. The van der Waals surface area contributed by atoms with Gasteiger partial charge in [0.1, 0.15) is 11.5 Å². The van der Waals surface area contributed by atoms with Gasteiger partial charge in [-0.15, -0.1) is 0 Å². The molecule has 0 heterocycles. The maximum absolute atomic E-state index is 10.9. The van der Waals surface area contributed by atoms with Gasteiger partial charge in [0.2, 0.25) is 0 Å². The first-order chi connectivity index (χ1) is 8.97. The second-order valence-corrected chi connectivity index (χ2v) is 4.56. The minimum Gasteiger partial charge on any atom is -0.507 e. The van der Waals surface area contributed by atoms with Crippen LogP contribution in [0.1, 0.15) is 19.4 Å². The van der Waals surface area contributed by atoms with Crippen LogP contribution < -0.4 is 4.74 Å². The summed E-state index contributed by atoms with van der Waals surface area (Å²) in [6.07, 6.45) is 0. The summed E-state index contributed by atoms with van der Waals surface area (Å²) in [7, 11) is 1.54. The number of rotatable bonds is 7. The fraction of sp³-hybridized carbons (Fsp3) is 0.500. The van der Waals surface area contributed by atoms with E-state index in [-0.39, 0.29) is 5.75 Å². The number of aliphatic carboxylic acids is 1. The summed E-state index contributed by atoms with van der Waals surface area (Å²) >= 11 is 0. The number of nitrogens with zero attached hydrogens (tertiary/aromatic N) is 1. The molecule has 1 aromatic rings. The normalized spacial score (nSPS) is 12.4. The standard InChI is InChI=1S/C14H21NO4/c1-4-15(8-10(2)14(17)18)9-11-5-6-12(19-3)7-13(11)16/h5-7,10,16H,4,8-9H2,1-3H3,(H,17,18). The van der Waals surface area contributed by atoms with Crippen LogP contribution in [-0.4, -0.2) is 41.3 Å². The molecule has 0 amide bonds. The number of hydrogen-bond acceptors (Lipinski definition) is 4. The van der Waals surface area contributed by atoms with E-state index in [1.165, 1.54) is 0 Å². The van der Waals surface area contributed by atoms with Crippen molar-refractivity contribution in [3.05, 3.63) is 23.8 Å². The van der Waals surface area contributed by atoms with Crippen LogP contribution in [-0.2, 0) is 11.3 Å². The van der Waals surface area contributed by atoms with Crippen molar-refractivity contribution in [2.45, 2.75) is 20.4 Å². The van der Waals surface area contributed by atoms with Crippen molar-refractivity contribution in [2.24, 2.45) is 5.92 Å². The van der Waals surface area contributed by atoms with Crippen LogP contribution in [0, 0.1) is 5.92 Å². The molecule has 0 radical (unpaired) electrons. The van der Waals surface area contributed by atoms with Gasteiger partial charge in [-0.2, -0.15) is 0 Å². The first kappa shape index (κ1) is 15.3. The summed E-state index contributed by atoms with van der Waals surface area (Å²) in [5.74, 6) is -0.471. The highest BCUT2D eigenvalue weighted by Crippen LogP contribution is 2.24. The molecule has 1 atom stereocenters. The summed E-state index contributed by atoms with van der Waals surface area (Å²) in [6.45, 7) is 5.35. The van der Waals surface area contributed by atoms with E-state index in [1.807, 2.05) is 11.8 Å². The first-order valence-electron chi connectivity index (χ1n) is 6.29. The highest BCUT2D eigenvalue weighted by atomic mass is 16.5. The van der Waals surface area contributed by atoms with Gasteiger partial charge < -0.3 is 14.9 Å². The maximum Gasteiger partial charge on any atom is 0.307 e. The topological polar surface area (TPSA) is 70.0 Å². The molecule has 5 nitrogen and oxygen atoms in total. The third-order valence-corrected chi connectivity index (χ3v) is 3.09. The van der Waals surface area contributed by atoms with Gasteiger partial charge in [0.15, 0.2) is 0 Å². The molecule has 0 saturated heterocycles. The zero-order chi connectivity index (χ0) is 14.4. The molecule has 0 saturated carbocycles. The number of hydrogen-bond donors (Lipinski definition) is 2. The summed E-state index contributed by atoms with van der Waals surface area (Å²) in [4.78, 5) is 12.8. The van der Waals surface area contributed by atoms with E-state index in [9.17, 15) is 9.90 Å².